The predicted octanol–water partition coefficient (Wildman–Crippen LogP) is 1.46. The van der Waals surface area contributed by atoms with Gasteiger partial charge < -0.3 is 15.2 Å². The number of carboxylic acid groups (broad SMARTS) is 1. The summed E-state index contributed by atoms with van der Waals surface area (Å²) >= 11 is 0. The highest BCUT2D eigenvalue weighted by atomic mass is 16.6. The Balaban J connectivity index is 1.75. The predicted molar refractivity (Wildman–Crippen MR) is 72.1 cm³/mol. The molecule has 1 aromatic rings. The Kier molecular flexibility index (Phi) is 3.10. The molecule has 1 atom stereocenters. The number of benzene rings is 1. The third-order valence-corrected chi connectivity index (χ3v) is 3.95. The first-order valence-electron chi connectivity index (χ1n) is 6.64. The van der Waals surface area contributed by atoms with Gasteiger partial charge in [-0.3, -0.25) is 4.90 Å². The van der Waals surface area contributed by atoms with Crippen molar-refractivity contribution in [3.05, 3.63) is 29.8 Å². The summed E-state index contributed by atoms with van der Waals surface area (Å²) in [5.74, 6) is -0.978. The number of anilines is 1. The molecule has 2 fully saturated rings. The Morgan fingerprint density at radius 2 is 2.05 bits per heavy atom. The molecule has 20 heavy (non-hydrogen) atoms. The summed E-state index contributed by atoms with van der Waals surface area (Å²) in [5.41, 5.74) is 0.519. The molecule has 1 aromatic carbocycles. The number of hydrogen-bond acceptors (Lipinski definition) is 4. The standard InChI is InChI=1S/C14H16N2O4/c17-12(18)10-1-3-11(4-2-10)16-8-6-14(20-13(16)19)5-7-15-9-14/h1-4,15H,5-9H2,(H,17,18). The quantitative estimate of drug-likeness (QED) is 0.855. The molecule has 2 heterocycles. The van der Waals surface area contributed by atoms with Gasteiger partial charge in [0.05, 0.1) is 5.56 Å². The summed E-state index contributed by atoms with van der Waals surface area (Å²) in [7, 11) is 0. The van der Waals surface area contributed by atoms with Gasteiger partial charge in [-0.1, -0.05) is 0 Å². The van der Waals surface area contributed by atoms with Gasteiger partial charge in [0.25, 0.3) is 0 Å². The summed E-state index contributed by atoms with van der Waals surface area (Å²) in [4.78, 5) is 24.5. The molecule has 6 nitrogen and oxygen atoms in total. The molecule has 0 aromatic heterocycles. The van der Waals surface area contributed by atoms with Crippen LogP contribution in [0.4, 0.5) is 10.5 Å². The summed E-state index contributed by atoms with van der Waals surface area (Å²) < 4.78 is 5.59. The third-order valence-electron chi connectivity index (χ3n) is 3.95. The van der Waals surface area contributed by atoms with Gasteiger partial charge in [-0.2, -0.15) is 0 Å². The van der Waals surface area contributed by atoms with Crippen molar-refractivity contribution in [3.8, 4) is 0 Å². The van der Waals surface area contributed by atoms with Crippen LogP contribution < -0.4 is 10.2 Å². The van der Waals surface area contributed by atoms with E-state index in [0.717, 1.165) is 19.4 Å². The van der Waals surface area contributed by atoms with Crippen molar-refractivity contribution in [1.82, 2.24) is 5.32 Å². The Labute approximate surface area is 116 Å². The maximum atomic E-state index is 12.1. The van der Waals surface area contributed by atoms with Crippen molar-refractivity contribution in [2.75, 3.05) is 24.5 Å². The highest BCUT2D eigenvalue weighted by Gasteiger charge is 2.43. The Morgan fingerprint density at radius 1 is 1.30 bits per heavy atom. The van der Waals surface area contributed by atoms with E-state index in [1.165, 1.54) is 12.1 Å². The maximum Gasteiger partial charge on any atom is 0.414 e. The molecule has 106 valence electrons. The summed E-state index contributed by atoms with van der Waals surface area (Å²) in [6.07, 6.45) is 1.28. The molecule has 0 aliphatic carbocycles. The van der Waals surface area contributed by atoms with E-state index in [1.54, 1.807) is 17.0 Å². The van der Waals surface area contributed by atoms with Crippen molar-refractivity contribution < 1.29 is 19.4 Å². The zero-order valence-corrected chi connectivity index (χ0v) is 11.0. The van der Waals surface area contributed by atoms with Gasteiger partial charge in [0.2, 0.25) is 0 Å². The van der Waals surface area contributed by atoms with Crippen molar-refractivity contribution in [1.29, 1.82) is 0 Å². The van der Waals surface area contributed by atoms with Crippen LogP contribution in [0.15, 0.2) is 24.3 Å². The first kappa shape index (κ1) is 12.9. The van der Waals surface area contributed by atoms with Gasteiger partial charge in [-0.05, 0) is 30.8 Å². The lowest BCUT2D eigenvalue weighted by molar-refractivity contribution is 0.0105. The van der Waals surface area contributed by atoms with E-state index in [9.17, 15) is 9.59 Å². The molecule has 0 radical (unpaired) electrons. The number of hydrogen-bond donors (Lipinski definition) is 2. The number of amides is 1. The number of nitrogens with zero attached hydrogens (tertiary/aromatic N) is 1. The van der Waals surface area contributed by atoms with Crippen LogP contribution in [0.3, 0.4) is 0 Å². The molecule has 2 aliphatic heterocycles. The first-order valence-corrected chi connectivity index (χ1v) is 6.64. The average Bonchev–Trinajstić information content (AvgIpc) is 2.87. The molecule has 1 spiro atoms. The fraction of sp³-hybridized carbons (Fsp3) is 0.429. The first-order chi connectivity index (χ1) is 9.60. The molecule has 1 unspecified atom stereocenters. The lowest BCUT2D eigenvalue weighted by Gasteiger charge is -2.38. The number of nitrogens with one attached hydrogen (secondary N) is 1. The molecule has 6 heteroatoms. The molecular weight excluding hydrogens is 260 g/mol. The van der Waals surface area contributed by atoms with E-state index in [2.05, 4.69) is 5.32 Å². The SMILES string of the molecule is O=C(O)c1ccc(N2CCC3(CCNC3)OC2=O)cc1. The number of carbonyl (C=O) groups is 2. The molecule has 1 amide bonds. The Bertz CT molecular complexity index is 535. The zero-order chi connectivity index (χ0) is 14.2. The minimum absolute atomic E-state index is 0.204. The highest BCUT2D eigenvalue weighted by molar-refractivity contribution is 5.91. The van der Waals surface area contributed by atoms with E-state index in [0.29, 0.717) is 18.8 Å². The second kappa shape index (κ2) is 4.79. The van der Waals surface area contributed by atoms with Gasteiger partial charge in [0.1, 0.15) is 5.60 Å². The smallest absolute Gasteiger partial charge is 0.414 e. The minimum atomic E-state index is -0.978. The second-order valence-corrected chi connectivity index (χ2v) is 5.23. The van der Waals surface area contributed by atoms with E-state index < -0.39 is 5.97 Å². The van der Waals surface area contributed by atoms with E-state index >= 15 is 0 Å². The van der Waals surface area contributed by atoms with Crippen LogP contribution >= 0.6 is 0 Å². The third kappa shape index (κ3) is 2.22. The summed E-state index contributed by atoms with van der Waals surface area (Å²) in [6, 6.07) is 6.25. The number of carbonyl (C=O) groups excluding carboxylic acids is 1. The summed E-state index contributed by atoms with van der Waals surface area (Å²) in [6.45, 7) is 2.18. The van der Waals surface area contributed by atoms with Crippen molar-refractivity contribution >= 4 is 17.7 Å². The van der Waals surface area contributed by atoms with Crippen LogP contribution in [0.25, 0.3) is 0 Å². The van der Waals surface area contributed by atoms with Crippen LogP contribution in [0, 0.1) is 0 Å². The lowest BCUT2D eigenvalue weighted by atomic mass is 9.97. The Hall–Kier alpha value is -2.08. The molecule has 0 bridgehead atoms. The molecule has 2 N–H and O–H groups in total. The van der Waals surface area contributed by atoms with Crippen molar-refractivity contribution in [3.63, 3.8) is 0 Å². The lowest BCUT2D eigenvalue weighted by Crippen LogP contribution is -2.50. The topological polar surface area (TPSA) is 78.9 Å². The van der Waals surface area contributed by atoms with Crippen LogP contribution in [0.5, 0.6) is 0 Å². The number of carboxylic acids is 1. The van der Waals surface area contributed by atoms with Crippen LogP contribution in [-0.2, 0) is 4.74 Å². The minimum Gasteiger partial charge on any atom is -0.478 e. The number of ether oxygens (including phenoxy) is 1. The Morgan fingerprint density at radius 3 is 2.60 bits per heavy atom. The summed E-state index contributed by atoms with van der Waals surface area (Å²) in [5, 5.41) is 12.1. The monoisotopic (exact) mass is 276 g/mol. The van der Waals surface area contributed by atoms with Crippen LogP contribution in [-0.4, -0.2) is 42.4 Å². The van der Waals surface area contributed by atoms with Gasteiger partial charge in [0.15, 0.2) is 0 Å². The normalized spacial score (nSPS) is 25.8. The van der Waals surface area contributed by atoms with Crippen molar-refractivity contribution in [2.24, 2.45) is 0 Å². The zero-order valence-electron chi connectivity index (χ0n) is 11.0. The average molecular weight is 276 g/mol. The van der Waals surface area contributed by atoms with Gasteiger partial charge in [-0.25, -0.2) is 9.59 Å². The van der Waals surface area contributed by atoms with Gasteiger partial charge in [0, 0.05) is 31.6 Å². The molecule has 2 saturated heterocycles. The molecule has 2 aliphatic rings. The molecule has 3 rings (SSSR count). The molecule has 0 saturated carbocycles. The largest absolute Gasteiger partial charge is 0.478 e. The van der Waals surface area contributed by atoms with Gasteiger partial charge >= 0.3 is 12.1 Å². The van der Waals surface area contributed by atoms with Gasteiger partial charge in [-0.15, -0.1) is 0 Å². The maximum absolute atomic E-state index is 12.1. The number of aromatic carboxylic acids is 1. The van der Waals surface area contributed by atoms with E-state index in [1.807, 2.05) is 0 Å². The fourth-order valence-corrected chi connectivity index (χ4v) is 2.74. The van der Waals surface area contributed by atoms with Crippen LogP contribution in [0.2, 0.25) is 0 Å². The van der Waals surface area contributed by atoms with Crippen molar-refractivity contribution in [2.45, 2.75) is 18.4 Å². The van der Waals surface area contributed by atoms with E-state index in [4.69, 9.17) is 9.84 Å². The van der Waals surface area contributed by atoms with Crippen LogP contribution in [0.1, 0.15) is 23.2 Å². The molecular formula is C14H16N2O4. The highest BCUT2D eigenvalue weighted by Crippen LogP contribution is 2.31. The van der Waals surface area contributed by atoms with E-state index in [-0.39, 0.29) is 17.3 Å². The number of rotatable bonds is 2. The fourth-order valence-electron chi connectivity index (χ4n) is 2.74. The second-order valence-electron chi connectivity index (χ2n) is 5.23.